The largest absolute Gasteiger partial charge is 0.510 e. The summed E-state index contributed by atoms with van der Waals surface area (Å²) < 4.78 is 4.09. The van der Waals surface area contributed by atoms with E-state index in [1.807, 2.05) is 59.9 Å². The van der Waals surface area contributed by atoms with Crippen LogP contribution in [0.15, 0.2) is 59.4 Å². The predicted octanol–water partition coefficient (Wildman–Crippen LogP) is 5.53. The minimum absolute atomic E-state index is 0.00663. The first-order chi connectivity index (χ1) is 14.2. The zero-order chi connectivity index (χ0) is 20.0. The van der Waals surface area contributed by atoms with Gasteiger partial charge in [-0.25, -0.2) is 4.98 Å². The highest BCUT2D eigenvalue weighted by molar-refractivity contribution is 8.00. The second kappa shape index (κ2) is 7.15. The van der Waals surface area contributed by atoms with Gasteiger partial charge in [-0.15, -0.1) is 21.5 Å². The Morgan fingerprint density at radius 2 is 1.86 bits per heavy atom. The molecule has 5 aromatic rings. The van der Waals surface area contributed by atoms with E-state index in [4.69, 9.17) is 0 Å². The van der Waals surface area contributed by atoms with Crippen molar-refractivity contribution in [3.8, 4) is 6.07 Å². The topological polar surface area (TPSA) is 87.1 Å². The van der Waals surface area contributed by atoms with Gasteiger partial charge < -0.3 is 5.11 Å². The fraction of sp³-hybridized carbons (Fsp3) is 0.100. The number of nitriles is 1. The van der Waals surface area contributed by atoms with Crippen LogP contribution in [0.3, 0.4) is 0 Å². The molecule has 29 heavy (non-hydrogen) atoms. The number of rotatable bonds is 4. The molecule has 0 bridgehead atoms. The van der Waals surface area contributed by atoms with Crippen LogP contribution in [0, 0.1) is 11.3 Å². The summed E-state index contributed by atoms with van der Waals surface area (Å²) in [7, 11) is 0. The van der Waals surface area contributed by atoms with Crippen molar-refractivity contribution in [1.29, 1.82) is 5.26 Å². The number of thiazole rings is 2. The molecule has 0 aliphatic carbocycles. The van der Waals surface area contributed by atoms with Crippen LogP contribution in [0.25, 0.3) is 31.0 Å². The Morgan fingerprint density at radius 1 is 1.10 bits per heavy atom. The molecule has 2 aromatic carbocycles. The van der Waals surface area contributed by atoms with E-state index in [1.165, 1.54) is 23.1 Å². The van der Waals surface area contributed by atoms with Crippen molar-refractivity contribution in [2.75, 3.05) is 0 Å². The zero-order valence-corrected chi connectivity index (χ0v) is 17.6. The molecule has 0 amide bonds. The Bertz CT molecular complexity index is 1410. The molecule has 1 unspecified atom stereocenters. The summed E-state index contributed by atoms with van der Waals surface area (Å²) in [5.74, 6) is -0.00663. The summed E-state index contributed by atoms with van der Waals surface area (Å²) in [6.07, 6.45) is 0. The maximum absolute atomic E-state index is 10.8. The Morgan fingerprint density at radius 3 is 2.66 bits per heavy atom. The summed E-state index contributed by atoms with van der Waals surface area (Å²) in [6.45, 7) is 1.85. The SMILES string of the molecule is CC(Sc1nnc2sc3ccccc3n12)/C(O)=C(\C#N)c1nc2ccccc2s1. The van der Waals surface area contributed by atoms with Gasteiger partial charge in [-0.1, -0.05) is 47.4 Å². The summed E-state index contributed by atoms with van der Waals surface area (Å²) in [4.78, 5) is 5.31. The lowest BCUT2D eigenvalue weighted by molar-refractivity contribution is 0.402. The summed E-state index contributed by atoms with van der Waals surface area (Å²) in [5, 5.41) is 29.9. The van der Waals surface area contributed by atoms with E-state index < -0.39 is 0 Å². The van der Waals surface area contributed by atoms with Crippen LogP contribution >= 0.6 is 34.4 Å². The van der Waals surface area contributed by atoms with Crippen LogP contribution in [-0.2, 0) is 0 Å². The Kier molecular flexibility index (Phi) is 4.47. The number of thioether (sulfide) groups is 1. The van der Waals surface area contributed by atoms with Gasteiger partial charge in [-0.3, -0.25) is 4.40 Å². The number of aliphatic hydroxyl groups is 1. The number of aromatic nitrogens is 4. The highest BCUT2D eigenvalue weighted by Gasteiger charge is 2.22. The van der Waals surface area contributed by atoms with Gasteiger partial charge in [0.1, 0.15) is 22.4 Å². The van der Waals surface area contributed by atoms with Gasteiger partial charge in [0.15, 0.2) is 5.16 Å². The highest BCUT2D eigenvalue weighted by Crippen LogP contribution is 2.35. The molecule has 3 heterocycles. The number of hydrogen-bond donors (Lipinski definition) is 1. The Hall–Kier alpha value is -2.93. The van der Waals surface area contributed by atoms with E-state index in [2.05, 4.69) is 21.3 Å². The minimum atomic E-state index is -0.386. The van der Waals surface area contributed by atoms with Crippen LogP contribution in [0.4, 0.5) is 0 Å². The average Bonchev–Trinajstić information content (AvgIpc) is 3.42. The van der Waals surface area contributed by atoms with Crippen molar-refractivity contribution in [3.05, 3.63) is 59.3 Å². The first-order valence-corrected chi connectivity index (χ1v) is 11.3. The molecule has 142 valence electrons. The van der Waals surface area contributed by atoms with E-state index in [0.717, 1.165) is 25.4 Å². The first kappa shape index (κ1) is 18.1. The molecule has 3 aromatic heterocycles. The third kappa shape index (κ3) is 3.06. The molecular formula is C20H13N5OS3. The molecule has 0 fully saturated rings. The smallest absolute Gasteiger partial charge is 0.217 e. The monoisotopic (exact) mass is 435 g/mol. The van der Waals surface area contributed by atoms with E-state index >= 15 is 0 Å². The first-order valence-electron chi connectivity index (χ1n) is 8.74. The third-order valence-corrected chi connectivity index (χ3v) is 7.57. The van der Waals surface area contributed by atoms with Crippen molar-refractivity contribution in [2.24, 2.45) is 0 Å². The number of para-hydroxylation sites is 2. The third-order valence-electron chi connectivity index (χ3n) is 4.45. The minimum Gasteiger partial charge on any atom is -0.510 e. The van der Waals surface area contributed by atoms with Crippen LogP contribution in [0.2, 0.25) is 0 Å². The summed E-state index contributed by atoms with van der Waals surface area (Å²) >= 11 is 4.33. The van der Waals surface area contributed by atoms with Gasteiger partial charge in [-0.2, -0.15) is 5.26 Å². The lowest BCUT2D eigenvalue weighted by Crippen LogP contribution is -2.05. The second-order valence-corrected chi connectivity index (χ2v) is 9.64. The number of hydrogen-bond acceptors (Lipinski definition) is 8. The van der Waals surface area contributed by atoms with Gasteiger partial charge in [0.05, 0.1) is 25.7 Å². The second-order valence-electron chi connectivity index (χ2n) is 6.29. The van der Waals surface area contributed by atoms with E-state index in [1.54, 1.807) is 11.3 Å². The van der Waals surface area contributed by atoms with E-state index in [-0.39, 0.29) is 16.6 Å². The number of nitrogens with zero attached hydrogens (tertiary/aromatic N) is 5. The molecule has 0 radical (unpaired) electrons. The molecule has 1 atom stereocenters. The maximum atomic E-state index is 10.8. The number of benzene rings is 2. The van der Waals surface area contributed by atoms with Gasteiger partial charge >= 0.3 is 0 Å². The fourth-order valence-corrected chi connectivity index (χ4v) is 5.96. The van der Waals surface area contributed by atoms with Crippen molar-refractivity contribution in [1.82, 2.24) is 19.6 Å². The zero-order valence-electron chi connectivity index (χ0n) is 15.1. The normalized spacial score (nSPS) is 13.7. The van der Waals surface area contributed by atoms with Gasteiger partial charge in [-0.05, 0) is 31.2 Å². The number of aliphatic hydroxyl groups excluding tert-OH is 1. The Balaban J connectivity index is 1.53. The standard InChI is InChI=1S/C20H13N5OS3/c1-11(17(26)12(10-21)18-22-13-6-2-4-8-15(13)28-18)27-19-23-24-20-25(19)14-7-3-5-9-16(14)29-20/h2-9,11,26H,1H3/b17-12-. The molecule has 0 saturated heterocycles. The Labute approximate surface area is 177 Å². The average molecular weight is 436 g/mol. The number of allylic oxidation sites excluding steroid dienone is 1. The molecule has 5 rings (SSSR count). The molecule has 9 heteroatoms. The van der Waals surface area contributed by atoms with Gasteiger partial charge in [0.2, 0.25) is 4.96 Å². The molecule has 0 aliphatic rings. The lowest BCUT2D eigenvalue weighted by Gasteiger charge is -2.10. The highest BCUT2D eigenvalue weighted by atomic mass is 32.2. The van der Waals surface area contributed by atoms with Gasteiger partial charge in [0, 0.05) is 0 Å². The van der Waals surface area contributed by atoms with E-state index in [9.17, 15) is 10.4 Å². The van der Waals surface area contributed by atoms with Crippen molar-refractivity contribution in [3.63, 3.8) is 0 Å². The van der Waals surface area contributed by atoms with Crippen molar-refractivity contribution < 1.29 is 5.11 Å². The molecule has 6 nitrogen and oxygen atoms in total. The molecule has 0 spiro atoms. The van der Waals surface area contributed by atoms with Crippen molar-refractivity contribution >= 4 is 65.4 Å². The maximum Gasteiger partial charge on any atom is 0.217 e. The van der Waals surface area contributed by atoms with Gasteiger partial charge in [0.25, 0.3) is 0 Å². The fourth-order valence-electron chi connectivity index (χ4n) is 3.04. The van der Waals surface area contributed by atoms with Crippen LogP contribution in [0.1, 0.15) is 11.9 Å². The van der Waals surface area contributed by atoms with Crippen LogP contribution in [0.5, 0.6) is 0 Å². The quantitative estimate of drug-likeness (QED) is 0.227. The lowest BCUT2D eigenvalue weighted by atomic mass is 10.2. The molecule has 0 aliphatic heterocycles. The molecule has 0 saturated carbocycles. The predicted molar refractivity (Wildman–Crippen MR) is 118 cm³/mol. The summed E-state index contributed by atoms with van der Waals surface area (Å²) in [5.41, 5.74) is 2.04. The summed E-state index contributed by atoms with van der Waals surface area (Å²) in [6, 6.07) is 17.8. The van der Waals surface area contributed by atoms with Crippen LogP contribution < -0.4 is 0 Å². The van der Waals surface area contributed by atoms with Crippen molar-refractivity contribution in [2.45, 2.75) is 17.3 Å². The van der Waals surface area contributed by atoms with E-state index in [0.29, 0.717) is 10.2 Å². The number of fused-ring (bicyclic) bond motifs is 4. The van der Waals surface area contributed by atoms with Crippen LogP contribution in [-0.4, -0.2) is 29.9 Å². The molecule has 1 N–H and O–H groups in total. The molecular weight excluding hydrogens is 422 g/mol.